The molecule has 0 aliphatic rings. The number of amides is 1. The van der Waals surface area contributed by atoms with Gasteiger partial charge in [-0.2, -0.15) is 0 Å². The Hall–Kier alpha value is -14.6. The van der Waals surface area contributed by atoms with E-state index in [2.05, 4.69) is 35.0 Å². The van der Waals surface area contributed by atoms with Crippen molar-refractivity contribution in [2.45, 2.75) is 178 Å². The zero-order valence-electron chi connectivity index (χ0n) is 82.3. The van der Waals surface area contributed by atoms with E-state index in [1.54, 1.807) is 86.8 Å². The number of Topliss-reactive ketones (excluding diaryl/α,β-unsaturated/α-hetero) is 2. The van der Waals surface area contributed by atoms with Crippen LogP contribution in [-0.2, 0) is 84.3 Å². The van der Waals surface area contributed by atoms with Gasteiger partial charge in [0.2, 0.25) is 17.5 Å². The smallest absolute Gasteiger partial charge is 0.309 e. The highest BCUT2D eigenvalue weighted by atomic mass is 32.2. The third-order valence-corrected chi connectivity index (χ3v) is 23.7. The molecule has 32 nitrogen and oxygen atoms in total. The topological polar surface area (TPSA) is 413 Å². The number of unbranched alkanes of at least 4 members (excludes halogenated alkanes) is 1. The maximum absolute atomic E-state index is 13.6. The highest BCUT2D eigenvalue weighted by Crippen LogP contribution is 2.47. The maximum Gasteiger partial charge on any atom is 0.309 e. The molecule has 1 amide bonds. The number of carbonyl (C=O) groups is 7. The van der Waals surface area contributed by atoms with E-state index in [1.807, 2.05) is 212 Å². The van der Waals surface area contributed by atoms with Crippen molar-refractivity contribution in [2.24, 2.45) is 0 Å². The third-order valence-electron chi connectivity index (χ3n) is 22.2. The standard InChI is InChI=1S/C64H73NO13.C30H34O7.C7H6N2O5S.C7H8N2O2S.CH4/c1-10-11-42-65-57(67)38-22-45-20-23-49(24-21-45)64(48-16-13-12-14-17-48,50-29-36-55(73-9)37-30-50)78-62(4,5)77-60(70)41-40-59(69)76-61(2,3)75-58(68)39-31-52(66)44-74-56-19-15-18-51(43-56)63(6,46-25-32-53(71-7)33-26-46)47-27-34-54(72-8)35-28-47;1-29(2,33)37-28(32)18-13-24(31)20-36-27-8-6-7-23(19-27)30(3,21-9-14-25(34-4)15-10-21)22-11-16-26(35-5)17-12-22;1-14-15-7-3-2-5(8(10)11)4-6(7)9(12)13;1-8-12-7-5-3-2-4-6(7)9(10)11;/h12-21,23-30,32-37,43H,10-11,22,31,38-42,44H2,1-9H3,(H,65,67);6-12,14-17,19,33H,13,18,20H2,1-5H3;2-4H,1H3;2-5,8H,1H3;1H4. The molecule has 0 saturated heterocycles. The van der Waals surface area contributed by atoms with Crippen LogP contribution >= 0.6 is 24.0 Å². The number of aryl methyl sites for hydroxylation is 1. The van der Waals surface area contributed by atoms with E-state index in [-0.39, 0.29) is 97.1 Å². The number of rotatable bonds is 48. The Balaban J connectivity index is 0.000000345. The molecule has 0 spiro atoms. The first-order valence-corrected chi connectivity index (χ1v) is 46.9. The molecule has 11 aromatic rings. The third kappa shape index (κ3) is 34.7. The molecule has 0 radical (unpaired) electrons. The highest BCUT2D eigenvalue weighted by molar-refractivity contribution is 7.97. The SMILES string of the molecule is C.CCCCNC(=O)CCc1ccc(C(OC(C)(C)OC(=O)CCC(=O)OC(C)(C)OC(=O)CCC(=O)COc2cccc(C(C)(c3ccc(OC)cc3)c3ccc(OC)cc3)c2)(c2ccccc2)c2ccc(OC)cc2)cc1.CNSc1ccccc1[N+](=O)[O-].COSc1ccc([N+](=O)[O-])cc1[N+](=O)[O-].COc1ccc(C(C)(c2ccc(OC)cc2)c2cccc(OCC(=O)CCC(=O)OC(C)(C)O)c2)cc1. The van der Waals surface area contributed by atoms with Gasteiger partial charge < -0.3 is 71.4 Å². The van der Waals surface area contributed by atoms with Gasteiger partial charge in [0.15, 0.2) is 11.6 Å². The monoisotopic (exact) mass is 2000 g/mol. The number of hydrogen-bond donors (Lipinski definition) is 3. The number of para-hydroxylation sites is 1. The van der Waals surface area contributed by atoms with E-state index in [0.717, 1.165) is 110 Å². The number of non-ortho nitro benzene ring substituents is 1. The largest absolute Gasteiger partial charge is 0.497 e. The predicted molar refractivity (Wildman–Crippen MR) is 544 cm³/mol. The second kappa shape index (κ2) is 55.6. The van der Waals surface area contributed by atoms with Gasteiger partial charge in [0.1, 0.15) is 68.9 Å². The summed E-state index contributed by atoms with van der Waals surface area (Å²) in [7, 11) is 11.2. The minimum absolute atomic E-state index is 0. The van der Waals surface area contributed by atoms with Crippen molar-refractivity contribution >= 4 is 82.4 Å². The zero-order chi connectivity index (χ0) is 104. The van der Waals surface area contributed by atoms with Gasteiger partial charge in [0.25, 0.3) is 22.8 Å². The normalized spacial score (nSPS) is 11.6. The first kappa shape index (κ1) is 115. The van der Waals surface area contributed by atoms with Gasteiger partial charge in [0, 0.05) is 102 Å². The van der Waals surface area contributed by atoms with E-state index < -0.39 is 73.9 Å². The lowest BCUT2D eigenvalue weighted by atomic mass is 9.71. The Labute approximate surface area is 842 Å². The molecule has 11 rings (SSSR count). The number of carbonyl (C=O) groups excluding carboxylic acids is 7. The first-order chi connectivity index (χ1) is 67.7. The van der Waals surface area contributed by atoms with Crippen LogP contribution in [0.15, 0.2) is 277 Å². The molecule has 0 fully saturated rings. The van der Waals surface area contributed by atoms with Crippen LogP contribution in [0.5, 0.6) is 40.2 Å². The van der Waals surface area contributed by atoms with Crippen LogP contribution in [0.25, 0.3) is 0 Å². The molecule has 34 heteroatoms. The van der Waals surface area contributed by atoms with Gasteiger partial charge in [-0.1, -0.05) is 172 Å². The molecule has 11 aromatic carbocycles. The molecular formula is C109H125N5O27S2. The molecule has 0 bridgehead atoms. The first-order valence-electron chi connectivity index (χ1n) is 45.3. The van der Waals surface area contributed by atoms with Crippen LogP contribution in [0.2, 0.25) is 0 Å². The van der Waals surface area contributed by atoms with E-state index in [9.17, 15) is 69.0 Å². The summed E-state index contributed by atoms with van der Waals surface area (Å²) >= 11 is 2.02. The molecule has 0 heterocycles. The summed E-state index contributed by atoms with van der Waals surface area (Å²) in [5.74, 6) is -3.79. The molecule has 760 valence electrons. The summed E-state index contributed by atoms with van der Waals surface area (Å²) in [6, 6.07) is 81.5. The summed E-state index contributed by atoms with van der Waals surface area (Å²) < 4.78 is 75.0. The summed E-state index contributed by atoms with van der Waals surface area (Å²) in [6.45, 7) is 15.2. The zero-order valence-corrected chi connectivity index (χ0v) is 83.9. The Morgan fingerprint density at radius 3 is 1.13 bits per heavy atom. The Kier molecular flexibility index (Phi) is 44.9. The fourth-order valence-corrected chi connectivity index (χ4v) is 16.1. The number of nitro groups is 3. The Morgan fingerprint density at radius 1 is 0.378 bits per heavy atom. The fourth-order valence-electron chi connectivity index (χ4n) is 14.9. The van der Waals surface area contributed by atoms with Crippen molar-refractivity contribution in [3.63, 3.8) is 0 Å². The number of esters is 4. The number of aliphatic hydroxyl groups is 1. The Morgan fingerprint density at radius 2 is 0.748 bits per heavy atom. The van der Waals surface area contributed by atoms with Crippen LogP contribution in [0.4, 0.5) is 17.1 Å². The lowest BCUT2D eigenvalue weighted by Crippen LogP contribution is -2.44. The summed E-state index contributed by atoms with van der Waals surface area (Å²) in [5, 5.41) is 44.0. The minimum Gasteiger partial charge on any atom is -0.497 e. The molecule has 1 atom stereocenters. The lowest BCUT2D eigenvalue weighted by Gasteiger charge is -2.41. The second-order valence-corrected chi connectivity index (χ2v) is 35.7. The summed E-state index contributed by atoms with van der Waals surface area (Å²) in [4.78, 5) is 120. The van der Waals surface area contributed by atoms with Crippen molar-refractivity contribution < 1.29 is 114 Å². The number of hydrogen-bond acceptors (Lipinski definition) is 30. The van der Waals surface area contributed by atoms with Gasteiger partial charge in [-0.15, -0.1) is 0 Å². The molecule has 143 heavy (non-hydrogen) atoms. The van der Waals surface area contributed by atoms with Crippen LogP contribution in [0.3, 0.4) is 0 Å². The number of nitrogens with zero attached hydrogens (tertiary/aromatic N) is 3. The Bertz CT molecular complexity index is 5910. The summed E-state index contributed by atoms with van der Waals surface area (Å²) in [5.41, 5.74) is 6.15. The fraction of sp³-hybridized carbons (Fsp3) is 0.330. The number of benzene rings is 11. The molecule has 0 saturated carbocycles. The predicted octanol–water partition coefficient (Wildman–Crippen LogP) is 21.2. The van der Waals surface area contributed by atoms with E-state index in [0.29, 0.717) is 41.5 Å². The quantitative estimate of drug-likeness (QED) is 0.00367. The summed E-state index contributed by atoms with van der Waals surface area (Å²) in [6.07, 6.45) is 1.40. The molecule has 0 aliphatic carbocycles. The molecule has 0 aliphatic heterocycles. The number of nitro benzene ring substituents is 3. The van der Waals surface area contributed by atoms with E-state index in [1.165, 1.54) is 65.0 Å². The van der Waals surface area contributed by atoms with E-state index in [4.69, 9.17) is 56.8 Å². The lowest BCUT2D eigenvalue weighted by molar-refractivity contribution is -0.396. The van der Waals surface area contributed by atoms with Crippen LogP contribution in [0.1, 0.15) is 183 Å². The second-order valence-electron chi connectivity index (χ2n) is 33.7. The van der Waals surface area contributed by atoms with Crippen molar-refractivity contribution in [2.75, 3.05) is 69.5 Å². The molecule has 3 N–H and O–H groups in total. The molecule has 0 aromatic heterocycles. The van der Waals surface area contributed by atoms with Crippen LogP contribution in [0, 0.1) is 30.3 Å². The van der Waals surface area contributed by atoms with Crippen molar-refractivity contribution in [1.29, 1.82) is 0 Å². The number of nitrogens with one attached hydrogen (secondary N) is 2. The molecule has 1 unspecified atom stereocenters. The van der Waals surface area contributed by atoms with Gasteiger partial charge >= 0.3 is 23.9 Å². The van der Waals surface area contributed by atoms with Crippen molar-refractivity contribution in [3.05, 3.63) is 353 Å². The average molecular weight is 2000 g/mol. The van der Waals surface area contributed by atoms with Gasteiger partial charge in [-0.25, -0.2) is 0 Å². The number of methoxy groups -OCH3 is 5. The van der Waals surface area contributed by atoms with Gasteiger partial charge in [-0.05, 0) is 198 Å². The van der Waals surface area contributed by atoms with Gasteiger partial charge in [0.05, 0.1) is 89.2 Å². The van der Waals surface area contributed by atoms with Crippen LogP contribution in [-0.4, -0.2) is 148 Å². The number of ketones is 2. The van der Waals surface area contributed by atoms with Crippen LogP contribution < -0.4 is 43.2 Å². The van der Waals surface area contributed by atoms with Crippen molar-refractivity contribution in [1.82, 2.24) is 10.0 Å². The van der Waals surface area contributed by atoms with Crippen molar-refractivity contribution in [3.8, 4) is 40.2 Å². The molecular weight excluding hydrogens is 1880 g/mol. The van der Waals surface area contributed by atoms with Gasteiger partial charge in [-0.3, -0.25) is 68.6 Å². The number of ether oxygens (including phenoxy) is 12. The highest BCUT2D eigenvalue weighted by Gasteiger charge is 2.45. The minimum atomic E-state index is -1.72. The van der Waals surface area contributed by atoms with E-state index >= 15 is 0 Å². The average Bonchev–Trinajstić information content (AvgIpc) is 0.749. The maximum atomic E-state index is 13.6.